The van der Waals surface area contributed by atoms with Crippen molar-refractivity contribution in [1.82, 2.24) is 0 Å². The summed E-state index contributed by atoms with van der Waals surface area (Å²) in [5.41, 5.74) is 6.34. The van der Waals surface area contributed by atoms with E-state index < -0.39 is 0 Å². The lowest BCUT2D eigenvalue weighted by Gasteiger charge is -2.22. The molecule has 0 heterocycles. The van der Waals surface area contributed by atoms with Crippen molar-refractivity contribution in [2.45, 2.75) is 46.6 Å². The quantitative estimate of drug-likeness (QED) is 0.600. The van der Waals surface area contributed by atoms with Crippen LogP contribution in [0.2, 0.25) is 0 Å². The maximum Gasteiger partial charge on any atom is 0.0511 e. The van der Waals surface area contributed by atoms with Crippen molar-refractivity contribution in [3.05, 3.63) is 90.0 Å². The molecule has 1 atom stereocenters. The summed E-state index contributed by atoms with van der Waals surface area (Å²) in [4.78, 5) is 0. The van der Waals surface area contributed by atoms with Gasteiger partial charge in [0.2, 0.25) is 0 Å². The SMILES string of the molecule is C=C(CC)C(Cc1ccc(C)cc1)Nc1cccc(C)c1.C=CC. The van der Waals surface area contributed by atoms with E-state index in [1.165, 1.54) is 28.0 Å². The lowest BCUT2D eigenvalue weighted by atomic mass is 9.97. The third-order valence-corrected chi connectivity index (χ3v) is 3.87. The van der Waals surface area contributed by atoms with Gasteiger partial charge in [-0.2, -0.15) is 0 Å². The van der Waals surface area contributed by atoms with Gasteiger partial charge < -0.3 is 5.32 Å². The fraction of sp³-hybridized carbons (Fsp3) is 0.304. The minimum absolute atomic E-state index is 0.277. The lowest BCUT2D eigenvalue weighted by molar-refractivity contribution is 0.783. The molecule has 0 fully saturated rings. The Morgan fingerprint density at radius 3 is 2.25 bits per heavy atom. The molecular weight excluding hydrogens is 290 g/mol. The van der Waals surface area contributed by atoms with Gasteiger partial charge in [-0.3, -0.25) is 0 Å². The maximum absolute atomic E-state index is 4.24. The Morgan fingerprint density at radius 2 is 1.71 bits per heavy atom. The van der Waals surface area contributed by atoms with Crippen LogP contribution in [0.3, 0.4) is 0 Å². The van der Waals surface area contributed by atoms with Gasteiger partial charge in [0.05, 0.1) is 6.04 Å². The van der Waals surface area contributed by atoms with Gasteiger partial charge in [-0.25, -0.2) is 0 Å². The van der Waals surface area contributed by atoms with E-state index in [4.69, 9.17) is 0 Å². The van der Waals surface area contributed by atoms with E-state index in [2.05, 4.69) is 87.8 Å². The molecule has 0 aliphatic rings. The monoisotopic (exact) mass is 321 g/mol. The van der Waals surface area contributed by atoms with Gasteiger partial charge in [0.15, 0.2) is 0 Å². The predicted octanol–water partition coefficient (Wildman–Crippen LogP) is 6.49. The zero-order valence-electron chi connectivity index (χ0n) is 15.6. The molecule has 0 spiro atoms. The first kappa shape index (κ1) is 19.8. The van der Waals surface area contributed by atoms with Crippen LogP contribution in [0.25, 0.3) is 0 Å². The highest BCUT2D eigenvalue weighted by Gasteiger charge is 2.12. The molecular formula is C23H31N. The van der Waals surface area contributed by atoms with Crippen LogP contribution < -0.4 is 5.32 Å². The highest BCUT2D eigenvalue weighted by atomic mass is 14.9. The van der Waals surface area contributed by atoms with Gasteiger partial charge in [-0.1, -0.05) is 67.1 Å². The van der Waals surface area contributed by atoms with E-state index in [-0.39, 0.29) is 6.04 Å². The van der Waals surface area contributed by atoms with Crippen molar-refractivity contribution >= 4 is 5.69 Å². The Balaban J connectivity index is 0.000000891. The normalized spacial score (nSPS) is 11.0. The summed E-state index contributed by atoms with van der Waals surface area (Å²) in [6.45, 7) is 15.9. The molecule has 0 saturated heterocycles. The minimum Gasteiger partial charge on any atom is -0.378 e. The summed E-state index contributed by atoms with van der Waals surface area (Å²) >= 11 is 0. The van der Waals surface area contributed by atoms with Crippen molar-refractivity contribution in [2.24, 2.45) is 0 Å². The first-order chi connectivity index (χ1) is 11.5. The number of nitrogens with one attached hydrogen (secondary N) is 1. The van der Waals surface area contributed by atoms with E-state index >= 15 is 0 Å². The van der Waals surface area contributed by atoms with Gasteiger partial charge in [0, 0.05) is 5.69 Å². The Labute approximate surface area is 148 Å². The second-order valence-corrected chi connectivity index (χ2v) is 6.18. The van der Waals surface area contributed by atoms with Crippen LogP contribution in [-0.2, 0) is 6.42 Å². The number of anilines is 1. The minimum atomic E-state index is 0.277. The average molecular weight is 322 g/mol. The Morgan fingerprint density at radius 1 is 1.08 bits per heavy atom. The molecule has 0 aromatic heterocycles. The average Bonchev–Trinajstić information content (AvgIpc) is 2.56. The first-order valence-corrected chi connectivity index (χ1v) is 8.63. The molecule has 1 heteroatoms. The summed E-state index contributed by atoms with van der Waals surface area (Å²) in [5.74, 6) is 0. The molecule has 1 N–H and O–H groups in total. The van der Waals surface area contributed by atoms with Crippen molar-refractivity contribution in [2.75, 3.05) is 5.32 Å². The molecule has 0 saturated carbocycles. The number of benzene rings is 2. The molecule has 0 aliphatic heterocycles. The van der Waals surface area contributed by atoms with Crippen molar-refractivity contribution in [3.8, 4) is 0 Å². The second-order valence-electron chi connectivity index (χ2n) is 6.18. The van der Waals surface area contributed by atoms with Gasteiger partial charge in [0.25, 0.3) is 0 Å². The molecule has 2 aromatic carbocycles. The lowest BCUT2D eigenvalue weighted by Crippen LogP contribution is -2.24. The van der Waals surface area contributed by atoms with E-state index in [0.29, 0.717) is 0 Å². The fourth-order valence-electron chi connectivity index (χ4n) is 2.44. The number of hydrogen-bond donors (Lipinski definition) is 1. The fourth-order valence-corrected chi connectivity index (χ4v) is 2.44. The largest absolute Gasteiger partial charge is 0.378 e. The molecule has 0 amide bonds. The number of aryl methyl sites for hydroxylation is 2. The van der Waals surface area contributed by atoms with E-state index in [1.54, 1.807) is 6.08 Å². The molecule has 24 heavy (non-hydrogen) atoms. The topological polar surface area (TPSA) is 12.0 Å². The highest BCUT2D eigenvalue weighted by molar-refractivity contribution is 5.48. The van der Waals surface area contributed by atoms with Crippen LogP contribution in [0.1, 0.15) is 37.0 Å². The molecule has 0 bridgehead atoms. The maximum atomic E-state index is 4.24. The predicted molar refractivity (Wildman–Crippen MR) is 109 cm³/mol. The van der Waals surface area contributed by atoms with Crippen LogP contribution in [0.4, 0.5) is 5.69 Å². The van der Waals surface area contributed by atoms with Gasteiger partial charge in [-0.05, 0) is 56.9 Å². The Kier molecular flexibility index (Phi) is 8.64. The summed E-state index contributed by atoms with van der Waals surface area (Å²) in [5, 5.41) is 3.63. The third kappa shape index (κ3) is 6.87. The molecule has 1 nitrogen and oxygen atoms in total. The van der Waals surface area contributed by atoms with Crippen LogP contribution >= 0.6 is 0 Å². The van der Waals surface area contributed by atoms with Gasteiger partial charge >= 0.3 is 0 Å². The number of hydrogen-bond acceptors (Lipinski definition) is 1. The van der Waals surface area contributed by atoms with Gasteiger partial charge in [0.1, 0.15) is 0 Å². The van der Waals surface area contributed by atoms with E-state index in [0.717, 1.165) is 12.8 Å². The van der Waals surface area contributed by atoms with E-state index in [1.807, 2.05) is 6.92 Å². The molecule has 2 rings (SSSR count). The van der Waals surface area contributed by atoms with Crippen LogP contribution in [-0.4, -0.2) is 6.04 Å². The molecule has 1 unspecified atom stereocenters. The van der Waals surface area contributed by atoms with Crippen molar-refractivity contribution in [1.29, 1.82) is 0 Å². The molecule has 0 radical (unpaired) electrons. The second kappa shape index (κ2) is 10.5. The number of rotatable bonds is 6. The highest BCUT2D eigenvalue weighted by Crippen LogP contribution is 2.19. The summed E-state index contributed by atoms with van der Waals surface area (Å²) in [6, 6.07) is 17.6. The van der Waals surface area contributed by atoms with Crippen LogP contribution in [0.15, 0.2) is 73.3 Å². The van der Waals surface area contributed by atoms with Crippen LogP contribution in [0, 0.1) is 13.8 Å². The van der Waals surface area contributed by atoms with Crippen LogP contribution in [0.5, 0.6) is 0 Å². The zero-order chi connectivity index (χ0) is 17.9. The summed E-state index contributed by atoms with van der Waals surface area (Å²) in [6.07, 6.45) is 3.72. The number of allylic oxidation sites excluding steroid dienone is 1. The smallest absolute Gasteiger partial charge is 0.0511 e. The standard InChI is InChI=1S/C20H25N.C3H6/c1-5-17(4)20(14-18-11-9-15(2)10-12-18)21-19-8-6-7-16(3)13-19;1-3-2/h6-13,20-21H,4-5,14H2,1-3H3;3H,1H2,2H3. The molecule has 0 aliphatic carbocycles. The van der Waals surface area contributed by atoms with Crippen molar-refractivity contribution in [3.63, 3.8) is 0 Å². The Hall–Kier alpha value is -2.28. The third-order valence-electron chi connectivity index (χ3n) is 3.87. The van der Waals surface area contributed by atoms with Gasteiger partial charge in [-0.15, -0.1) is 6.58 Å². The zero-order valence-corrected chi connectivity index (χ0v) is 15.6. The Bertz CT molecular complexity index is 637. The van der Waals surface area contributed by atoms with E-state index in [9.17, 15) is 0 Å². The first-order valence-electron chi connectivity index (χ1n) is 8.63. The summed E-state index contributed by atoms with van der Waals surface area (Å²) in [7, 11) is 0. The van der Waals surface area contributed by atoms with Crippen molar-refractivity contribution < 1.29 is 0 Å². The molecule has 128 valence electrons. The molecule has 2 aromatic rings. The summed E-state index contributed by atoms with van der Waals surface area (Å²) < 4.78 is 0.